The molecule has 0 bridgehead atoms. The van der Waals surface area contributed by atoms with E-state index in [-0.39, 0.29) is 29.6 Å². The molecule has 2 aromatic rings. The first-order valence-corrected chi connectivity index (χ1v) is 6.67. The molecule has 2 nitrogen and oxygen atoms in total. The van der Waals surface area contributed by atoms with Crippen molar-refractivity contribution in [2.24, 2.45) is 5.92 Å². The monoisotopic (exact) mass is 274 g/mol. The maximum Gasteiger partial charge on any atom is 0.123 e. The van der Waals surface area contributed by atoms with E-state index in [0.29, 0.717) is 0 Å². The van der Waals surface area contributed by atoms with E-state index in [1.165, 1.54) is 24.3 Å². The van der Waals surface area contributed by atoms with Crippen LogP contribution in [0.2, 0.25) is 0 Å². The molecule has 1 aliphatic heterocycles. The van der Waals surface area contributed by atoms with Gasteiger partial charge in [-0.15, -0.1) is 0 Å². The number of hydrogen-bond donors (Lipinski definition) is 2. The van der Waals surface area contributed by atoms with Gasteiger partial charge in [0.15, 0.2) is 0 Å². The Morgan fingerprint density at radius 3 is 1.40 bits per heavy atom. The van der Waals surface area contributed by atoms with Crippen LogP contribution in [0.15, 0.2) is 48.5 Å². The lowest BCUT2D eigenvalue weighted by Crippen LogP contribution is -2.26. The highest BCUT2D eigenvalue weighted by molar-refractivity contribution is 5.26. The fourth-order valence-corrected chi connectivity index (χ4v) is 2.75. The SMILES string of the molecule is CC1C(c2ccc(F)cc2)NNC1c1ccc(F)cc1. The van der Waals surface area contributed by atoms with Crippen molar-refractivity contribution in [3.63, 3.8) is 0 Å². The molecule has 1 saturated heterocycles. The first-order valence-electron chi connectivity index (χ1n) is 6.67. The highest BCUT2D eigenvalue weighted by Gasteiger charge is 2.34. The van der Waals surface area contributed by atoms with Gasteiger partial charge in [0.25, 0.3) is 0 Å². The molecule has 20 heavy (non-hydrogen) atoms. The number of hydrogen-bond acceptors (Lipinski definition) is 2. The second kappa shape index (κ2) is 5.31. The molecule has 0 amide bonds. The molecule has 2 unspecified atom stereocenters. The quantitative estimate of drug-likeness (QED) is 0.876. The van der Waals surface area contributed by atoms with Gasteiger partial charge < -0.3 is 0 Å². The highest BCUT2D eigenvalue weighted by Crippen LogP contribution is 2.36. The Hall–Kier alpha value is -1.78. The van der Waals surface area contributed by atoms with E-state index in [2.05, 4.69) is 17.8 Å². The van der Waals surface area contributed by atoms with Crippen LogP contribution in [-0.2, 0) is 0 Å². The summed E-state index contributed by atoms with van der Waals surface area (Å²) < 4.78 is 26.0. The van der Waals surface area contributed by atoms with Crippen molar-refractivity contribution in [2.45, 2.75) is 19.0 Å². The summed E-state index contributed by atoms with van der Waals surface area (Å²) >= 11 is 0. The predicted octanol–water partition coefficient (Wildman–Crippen LogP) is 3.49. The van der Waals surface area contributed by atoms with Crippen molar-refractivity contribution in [1.82, 2.24) is 10.9 Å². The van der Waals surface area contributed by atoms with Gasteiger partial charge in [0.05, 0.1) is 12.1 Å². The Balaban J connectivity index is 1.81. The van der Waals surface area contributed by atoms with Gasteiger partial charge in [-0.05, 0) is 41.3 Å². The molecular formula is C16H16F2N2. The van der Waals surface area contributed by atoms with Gasteiger partial charge in [-0.2, -0.15) is 0 Å². The smallest absolute Gasteiger partial charge is 0.123 e. The van der Waals surface area contributed by atoms with Gasteiger partial charge in [0.1, 0.15) is 11.6 Å². The summed E-state index contributed by atoms with van der Waals surface area (Å²) in [6, 6.07) is 13.2. The van der Waals surface area contributed by atoms with Gasteiger partial charge in [-0.25, -0.2) is 19.6 Å². The standard InChI is InChI=1S/C16H16F2N2/c1-10-15(11-2-6-13(17)7-3-11)19-20-16(10)12-4-8-14(18)9-5-12/h2-10,15-16,19-20H,1H3. The van der Waals surface area contributed by atoms with Crippen LogP contribution in [-0.4, -0.2) is 0 Å². The summed E-state index contributed by atoms with van der Waals surface area (Å²) in [5.41, 5.74) is 8.55. The molecule has 3 rings (SSSR count). The molecule has 1 heterocycles. The maximum absolute atomic E-state index is 13.0. The number of halogens is 2. The fraction of sp³-hybridized carbons (Fsp3) is 0.250. The van der Waals surface area contributed by atoms with Crippen LogP contribution < -0.4 is 10.9 Å². The van der Waals surface area contributed by atoms with Gasteiger partial charge in [-0.1, -0.05) is 31.2 Å². The average molecular weight is 274 g/mol. The molecule has 104 valence electrons. The number of hydrazine groups is 1. The molecule has 0 aliphatic carbocycles. The van der Waals surface area contributed by atoms with Gasteiger partial charge in [0.2, 0.25) is 0 Å². The predicted molar refractivity (Wildman–Crippen MR) is 73.7 cm³/mol. The third-order valence-corrected chi connectivity index (χ3v) is 3.90. The number of nitrogens with one attached hydrogen (secondary N) is 2. The first kappa shape index (κ1) is 13.2. The van der Waals surface area contributed by atoms with Crippen LogP contribution in [0.4, 0.5) is 8.78 Å². The van der Waals surface area contributed by atoms with Crippen LogP contribution in [0.1, 0.15) is 30.1 Å². The van der Waals surface area contributed by atoms with Crippen molar-refractivity contribution >= 4 is 0 Å². The minimum Gasteiger partial charge on any atom is -0.249 e. The van der Waals surface area contributed by atoms with E-state index in [4.69, 9.17) is 0 Å². The molecule has 0 spiro atoms. The molecule has 4 heteroatoms. The summed E-state index contributed by atoms with van der Waals surface area (Å²) in [6.45, 7) is 2.12. The van der Waals surface area contributed by atoms with E-state index in [1.807, 2.05) is 0 Å². The van der Waals surface area contributed by atoms with Crippen LogP contribution in [0.3, 0.4) is 0 Å². The minimum atomic E-state index is -0.234. The summed E-state index contributed by atoms with van der Waals surface area (Å²) in [6.07, 6.45) is 0. The molecule has 2 aromatic carbocycles. The normalized spacial score (nSPS) is 25.9. The zero-order chi connectivity index (χ0) is 14.1. The Labute approximate surface area is 116 Å². The van der Waals surface area contributed by atoms with Crippen molar-refractivity contribution in [3.05, 3.63) is 71.3 Å². The Morgan fingerprint density at radius 2 is 1.05 bits per heavy atom. The van der Waals surface area contributed by atoms with Crippen molar-refractivity contribution in [2.75, 3.05) is 0 Å². The Kier molecular flexibility index (Phi) is 3.51. The fourth-order valence-electron chi connectivity index (χ4n) is 2.75. The first-order chi connectivity index (χ1) is 9.65. The lowest BCUT2D eigenvalue weighted by molar-refractivity contribution is 0.465. The van der Waals surface area contributed by atoms with Crippen LogP contribution >= 0.6 is 0 Å². The van der Waals surface area contributed by atoms with Crippen LogP contribution in [0, 0.1) is 17.6 Å². The third kappa shape index (κ3) is 2.44. The van der Waals surface area contributed by atoms with E-state index < -0.39 is 0 Å². The van der Waals surface area contributed by atoms with Crippen LogP contribution in [0.5, 0.6) is 0 Å². The van der Waals surface area contributed by atoms with Crippen molar-refractivity contribution in [1.29, 1.82) is 0 Å². The second-order valence-corrected chi connectivity index (χ2v) is 5.21. The largest absolute Gasteiger partial charge is 0.249 e. The lowest BCUT2D eigenvalue weighted by atomic mass is 9.88. The average Bonchev–Trinajstić information content (AvgIpc) is 2.83. The highest BCUT2D eigenvalue weighted by atomic mass is 19.1. The summed E-state index contributed by atoms with van der Waals surface area (Å²) in [4.78, 5) is 0. The molecule has 0 aromatic heterocycles. The van der Waals surface area contributed by atoms with E-state index >= 15 is 0 Å². The van der Waals surface area contributed by atoms with Crippen LogP contribution in [0.25, 0.3) is 0 Å². The molecule has 2 N–H and O–H groups in total. The number of rotatable bonds is 2. The molecule has 1 fully saturated rings. The summed E-state index contributed by atoms with van der Waals surface area (Å²) in [7, 11) is 0. The van der Waals surface area contributed by atoms with Crippen molar-refractivity contribution < 1.29 is 8.78 Å². The minimum absolute atomic E-state index is 0.102. The summed E-state index contributed by atoms with van der Waals surface area (Å²) in [5, 5.41) is 0. The maximum atomic E-state index is 13.0. The van der Waals surface area contributed by atoms with Gasteiger partial charge in [0, 0.05) is 0 Å². The molecule has 1 aliphatic rings. The topological polar surface area (TPSA) is 24.1 Å². The zero-order valence-electron chi connectivity index (χ0n) is 11.1. The molecule has 2 atom stereocenters. The number of benzene rings is 2. The molecule has 0 radical (unpaired) electrons. The van der Waals surface area contributed by atoms with E-state index in [1.54, 1.807) is 24.3 Å². The molecular weight excluding hydrogens is 258 g/mol. The molecule has 0 saturated carbocycles. The van der Waals surface area contributed by atoms with Gasteiger partial charge in [-0.3, -0.25) is 0 Å². The van der Waals surface area contributed by atoms with E-state index in [0.717, 1.165) is 11.1 Å². The summed E-state index contributed by atoms with van der Waals surface area (Å²) in [5.74, 6) is -0.198. The lowest BCUT2D eigenvalue weighted by Gasteiger charge is -2.19. The zero-order valence-corrected chi connectivity index (χ0v) is 11.1. The Bertz CT molecular complexity index is 527. The van der Waals surface area contributed by atoms with Crippen molar-refractivity contribution in [3.8, 4) is 0 Å². The Morgan fingerprint density at radius 1 is 0.700 bits per heavy atom. The van der Waals surface area contributed by atoms with E-state index in [9.17, 15) is 8.78 Å². The third-order valence-electron chi connectivity index (χ3n) is 3.90. The van der Waals surface area contributed by atoms with Gasteiger partial charge >= 0.3 is 0 Å². The second-order valence-electron chi connectivity index (χ2n) is 5.21.